The van der Waals surface area contributed by atoms with Crippen molar-refractivity contribution < 1.29 is 8.42 Å². The van der Waals surface area contributed by atoms with Crippen LogP contribution in [-0.4, -0.2) is 15.0 Å². The molecule has 0 aliphatic heterocycles. The molecule has 0 aliphatic rings. The summed E-state index contributed by atoms with van der Waals surface area (Å²) in [6.07, 6.45) is 0.737. The van der Waals surface area contributed by atoms with Crippen LogP contribution in [0.1, 0.15) is 37.0 Å². The Morgan fingerprint density at radius 2 is 1.35 bits per heavy atom. The highest BCUT2D eigenvalue weighted by Gasteiger charge is 2.21. The van der Waals surface area contributed by atoms with Gasteiger partial charge in [-0.15, -0.1) is 0 Å². The monoisotopic (exact) mass is 331 g/mol. The lowest BCUT2D eigenvalue weighted by Crippen LogP contribution is -2.30. The minimum atomic E-state index is -3.44. The lowest BCUT2D eigenvalue weighted by atomic mass is 9.81. The maximum absolute atomic E-state index is 12.3. The Labute approximate surface area is 139 Å². The summed E-state index contributed by atoms with van der Waals surface area (Å²) >= 11 is 0. The molecule has 2 aromatic rings. The molecule has 23 heavy (non-hydrogen) atoms. The van der Waals surface area contributed by atoms with Crippen molar-refractivity contribution in [2.45, 2.75) is 44.4 Å². The van der Waals surface area contributed by atoms with Crippen LogP contribution in [0.15, 0.2) is 53.4 Å². The molecule has 2 rings (SSSR count). The third-order valence-electron chi connectivity index (χ3n) is 4.21. The van der Waals surface area contributed by atoms with Gasteiger partial charge in [0, 0.05) is 6.54 Å². The summed E-state index contributed by atoms with van der Waals surface area (Å²) in [5.41, 5.74) is 3.41. The molecule has 0 unspecified atom stereocenters. The molecule has 1 N–H and O–H groups in total. The van der Waals surface area contributed by atoms with E-state index in [2.05, 4.69) is 49.8 Å². The minimum Gasteiger partial charge on any atom is -0.211 e. The first-order chi connectivity index (χ1) is 10.7. The van der Waals surface area contributed by atoms with Gasteiger partial charge in [-0.3, -0.25) is 0 Å². The molecule has 2 aromatic carbocycles. The maximum Gasteiger partial charge on any atom is 0.240 e. The lowest BCUT2D eigenvalue weighted by Gasteiger charge is -2.25. The van der Waals surface area contributed by atoms with E-state index in [0.717, 1.165) is 12.0 Å². The Hall–Kier alpha value is -1.65. The number of benzene rings is 2. The van der Waals surface area contributed by atoms with Crippen molar-refractivity contribution in [3.63, 3.8) is 0 Å². The third-order valence-corrected chi connectivity index (χ3v) is 5.68. The van der Waals surface area contributed by atoms with Crippen molar-refractivity contribution >= 4 is 10.0 Å². The summed E-state index contributed by atoms with van der Waals surface area (Å²) in [5, 5.41) is 0. The van der Waals surface area contributed by atoms with E-state index in [-0.39, 0.29) is 5.41 Å². The summed E-state index contributed by atoms with van der Waals surface area (Å²) in [4.78, 5) is 0.316. The second-order valence-electron chi connectivity index (χ2n) is 6.71. The van der Waals surface area contributed by atoms with Crippen molar-refractivity contribution in [1.82, 2.24) is 4.72 Å². The highest BCUT2D eigenvalue weighted by molar-refractivity contribution is 7.89. The molecule has 0 fully saturated rings. The van der Waals surface area contributed by atoms with Gasteiger partial charge in [-0.2, -0.15) is 0 Å². The van der Waals surface area contributed by atoms with Crippen LogP contribution in [0.3, 0.4) is 0 Å². The van der Waals surface area contributed by atoms with E-state index >= 15 is 0 Å². The number of hydrogen-bond acceptors (Lipinski definition) is 2. The Morgan fingerprint density at radius 3 is 1.87 bits per heavy atom. The zero-order valence-corrected chi connectivity index (χ0v) is 15.1. The van der Waals surface area contributed by atoms with E-state index < -0.39 is 10.0 Å². The fourth-order valence-corrected chi connectivity index (χ4v) is 3.48. The van der Waals surface area contributed by atoms with Gasteiger partial charge in [-0.25, -0.2) is 13.1 Å². The largest absolute Gasteiger partial charge is 0.240 e. The second kappa shape index (κ2) is 6.85. The molecule has 3 nitrogen and oxygen atoms in total. The van der Waals surface area contributed by atoms with Gasteiger partial charge in [-0.1, -0.05) is 61.4 Å². The Balaban J connectivity index is 2.00. The molecular formula is C19H25NO2S. The first kappa shape index (κ1) is 17.7. The normalized spacial score (nSPS) is 12.3. The summed E-state index contributed by atoms with van der Waals surface area (Å²) in [6, 6.07) is 15.3. The molecule has 0 amide bonds. The average Bonchev–Trinajstić information content (AvgIpc) is 2.47. The van der Waals surface area contributed by atoms with Gasteiger partial charge in [-0.05, 0) is 43.4 Å². The number of sulfonamides is 1. The van der Waals surface area contributed by atoms with Crippen LogP contribution in [0.5, 0.6) is 0 Å². The fraction of sp³-hybridized carbons (Fsp3) is 0.368. The minimum absolute atomic E-state index is 0.0799. The molecule has 0 bridgehead atoms. The van der Waals surface area contributed by atoms with Crippen molar-refractivity contribution in [3.05, 3.63) is 65.2 Å². The van der Waals surface area contributed by atoms with Gasteiger partial charge in [0.05, 0.1) is 4.90 Å². The van der Waals surface area contributed by atoms with Crippen LogP contribution in [0.25, 0.3) is 0 Å². The van der Waals surface area contributed by atoms with Crippen molar-refractivity contribution in [1.29, 1.82) is 0 Å². The Morgan fingerprint density at radius 1 is 0.870 bits per heavy atom. The van der Waals surface area contributed by atoms with Crippen molar-refractivity contribution in [3.8, 4) is 0 Å². The second-order valence-corrected chi connectivity index (χ2v) is 8.48. The maximum atomic E-state index is 12.3. The van der Waals surface area contributed by atoms with Crippen molar-refractivity contribution in [2.24, 2.45) is 0 Å². The Kier molecular flexibility index (Phi) is 5.27. The SMILES string of the molecule is Cc1ccc(C(C)(C)CCNS(=O)(=O)c2ccc(C)cc2)cc1. The molecule has 0 atom stereocenters. The zero-order chi connectivity index (χ0) is 17.1. The summed E-state index contributed by atoms with van der Waals surface area (Å²) in [6.45, 7) is 8.69. The molecule has 0 aliphatic carbocycles. The molecular weight excluding hydrogens is 306 g/mol. The van der Waals surface area contributed by atoms with Crippen molar-refractivity contribution in [2.75, 3.05) is 6.54 Å². The van der Waals surface area contributed by atoms with Crippen LogP contribution in [0.4, 0.5) is 0 Å². The van der Waals surface area contributed by atoms with Gasteiger partial charge < -0.3 is 0 Å². The Bertz CT molecular complexity index is 745. The number of hydrogen-bond donors (Lipinski definition) is 1. The van der Waals surface area contributed by atoms with E-state index in [1.165, 1.54) is 11.1 Å². The molecule has 0 saturated carbocycles. The van der Waals surface area contributed by atoms with E-state index in [1.54, 1.807) is 12.1 Å². The van der Waals surface area contributed by atoms with E-state index in [4.69, 9.17) is 0 Å². The highest BCUT2D eigenvalue weighted by atomic mass is 32.2. The van der Waals surface area contributed by atoms with Crippen LogP contribution in [-0.2, 0) is 15.4 Å². The summed E-state index contributed by atoms with van der Waals surface area (Å²) in [7, 11) is -3.44. The van der Waals surface area contributed by atoms with Crippen LogP contribution >= 0.6 is 0 Å². The molecule has 4 heteroatoms. The lowest BCUT2D eigenvalue weighted by molar-refractivity contribution is 0.474. The predicted octanol–water partition coefficient (Wildman–Crippen LogP) is 3.95. The van der Waals surface area contributed by atoms with Gasteiger partial charge in [0.15, 0.2) is 0 Å². The smallest absolute Gasteiger partial charge is 0.211 e. The van der Waals surface area contributed by atoms with Crippen LogP contribution < -0.4 is 4.72 Å². The predicted molar refractivity (Wildman–Crippen MR) is 95.2 cm³/mol. The van der Waals surface area contributed by atoms with E-state index in [1.807, 2.05) is 19.1 Å². The van der Waals surface area contributed by atoms with Gasteiger partial charge in [0.25, 0.3) is 0 Å². The first-order valence-corrected chi connectivity index (χ1v) is 9.32. The van der Waals surface area contributed by atoms with Crippen LogP contribution in [0, 0.1) is 13.8 Å². The average molecular weight is 331 g/mol. The first-order valence-electron chi connectivity index (χ1n) is 7.84. The molecule has 0 heterocycles. The van der Waals surface area contributed by atoms with Crippen LogP contribution in [0.2, 0.25) is 0 Å². The molecule has 0 aromatic heterocycles. The molecule has 0 radical (unpaired) electrons. The quantitative estimate of drug-likeness (QED) is 0.871. The highest BCUT2D eigenvalue weighted by Crippen LogP contribution is 2.27. The van der Waals surface area contributed by atoms with Gasteiger partial charge in [0.2, 0.25) is 10.0 Å². The van der Waals surface area contributed by atoms with E-state index in [9.17, 15) is 8.42 Å². The molecule has 0 spiro atoms. The third kappa shape index (κ3) is 4.66. The topological polar surface area (TPSA) is 46.2 Å². The summed E-state index contributed by atoms with van der Waals surface area (Å²) < 4.78 is 27.3. The zero-order valence-electron chi connectivity index (χ0n) is 14.3. The number of nitrogens with one attached hydrogen (secondary N) is 1. The molecule has 0 saturated heterocycles. The van der Waals surface area contributed by atoms with Gasteiger partial charge in [0.1, 0.15) is 0 Å². The number of rotatable bonds is 6. The summed E-state index contributed by atoms with van der Waals surface area (Å²) in [5.74, 6) is 0. The molecule has 124 valence electrons. The van der Waals surface area contributed by atoms with E-state index in [0.29, 0.717) is 11.4 Å². The van der Waals surface area contributed by atoms with Gasteiger partial charge >= 0.3 is 0 Å². The fourth-order valence-electron chi connectivity index (χ4n) is 2.45. The number of aryl methyl sites for hydroxylation is 2. The standard InChI is InChI=1S/C19H25NO2S/c1-15-5-9-17(10-6-15)19(3,4)13-14-20-23(21,22)18-11-7-16(2)8-12-18/h5-12,20H,13-14H2,1-4H3.